The molecule has 1 atom stereocenters. The van der Waals surface area contributed by atoms with E-state index >= 15 is 0 Å². The molecule has 2 aromatic rings. The van der Waals surface area contributed by atoms with Crippen LogP contribution in [0.15, 0.2) is 61.2 Å². The average molecular weight is 512 g/mol. The Morgan fingerprint density at radius 1 is 0.853 bits per heavy atom. The molecule has 10 heteroatoms. The molecular formula is C24H33NO7S2. The highest BCUT2D eigenvalue weighted by Gasteiger charge is 2.32. The van der Waals surface area contributed by atoms with E-state index in [0.717, 1.165) is 17.4 Å². The van der Waals surface area contributed by atoms with E-state index in [1.165, 1.54) is 4.31 Å². The second-order valence-electron chi connectivity index (χ2n) is 7.81. The zero-order chi connectivity index (χ0) is 25.2. The lowest BCUT2D eigenvalue weighted by Crippen LogP contribution is -2.38. The Balaban J connectivity index is 2.35. The molecule has 0 N–H and O–H groups in total. The van der Waals surface area contributed by atoms with Gasteiger partial charge in [-0.25, -0.2) is 8.42 Å². The fraction of sp³-hybridized carbons (Fsp3) is 0.417. The van der Waals surface area contributed by atoms with E-state index in [9.17, 15) is 16.8 Å². The first-order valence-corrected chi connectivity index (χ1v) is 14.1. The summed E-state index contributed by atoms with van der Waals surface area (Å²) in [6.45, 7) is 3.78. The van der Waals surface area contributed by atoms with E-state index in [2.05, 4.69) is 6.58 Å². The lowest BCUT2D eigenvalue weighted by molar-refractivity contribution is 0.305. The number of rotatable bonds is 15. The fourth-order valence-electron chi connectivity index (χ4n) is 3.39. The highest BCUT2D eigenvalue weighted by atomic mass is 32.2. The summed E-state index contributed by atoms with van der Waals surface area (Å²) in [7, 11) is -4.37. The maximum absolute atomic E-state index is 13.8. The van der Waals surface area contributed by atoms with E-state index in [4.69, 9.17) is 13.7 Å². The predicted octanol–water partition coefficient (Wildman–Crippen LogP) is 3.74. The fourth-order valence-corrected chi connectivity index (χ4v) is 5.70. The highest BCUT2D eigenvalue weighted by molar-refractivity contribution is 7.89. The third kappa shape index (κ3) is 8.75. The SMILES string of the molecule is C=CCC[C@H](CCOS(C)(=O)=O)S(=O)(=O)N(Cc1ccc(OC)cc1)Cc1ccc(OC)cc1. The molecule has 2 rings (SSSR count). The predicted molar refractivity (Wildman–Crippen MR) is 133 cm³/mol. The van der Waals surface area contributed by atoms with Gasteiger partial charge in [-0.2, -0.15) is 12.7 Å². The van der Waals surface area contributed by atoms with Crippen molar-refractivity contribution in [2.75, 3.05) is 27.1 Å². The van der Waals surface area contributed by atoms with Crippen LogP contribution in [-0.2, 0) is 37.4 Å². The number of sulfonamides is 1. The summed E-state index contributed by atoms with van der Waals surface area (Å²) < 4.78 is 67.0. The molecule has 0 amide bonds. The van der Waals surface area contributed by atoms with Crippen LogP contribution < -0.4 is 9.47 Å². The lowest BCUT2D eigenvalue weighted by atomic mass is 10.2. The van der Waals surface area contributed by atoms with Gasteiger partial charge in [-0.05, 0) is 54.7 Å². The summed E-state index contributed by atoms with van der Waals surface area (Å²) in [5.74, 6) is 1.35. The topological polar surface area (TPSA) is 99.2 Å². The second-order valence-corrected chi connectivity index (χ2v) is 11.7. The lowest BCUT2D eigenvalue weighted by Gasteiger charge is -2.28. The number of methoxy groups -OCH3 is 2. The van der Waals surface area contributed by atoms with Crippen molar-refractivity contribution in [1.82, 2.24) is 4.31 Å². The number of nitrogens with zero attached hydrogens (tertiary/aromatic N) is 1. The molecule has 0 radical (unpaired) electrons. The van der Waals surface area contributed by atoms with Crippen molar-refractivity contribution < 1.29 is 30.5 Å². The number of hydrogen-bond acceptors (Lipinski definition) is 7. The summed E-state index contributed by atoms with van der Waals surface area (Å²) in [5, 5.41) is -0.830. The summed E-state index contributed by atoms with van der Waals surface area (Å²) >= 11 is 0. The van der Waals surface area contributed by atoms with Crippen LogP contribution in [0.3, 0.4) is 0 Å². The molecule has 0 bridgehead atoms. The van der Waals surface area contributed by atoms with Gasteiger partial charge in [0, 0.05) is 13.1 Å². The molecule has 0 aliphatic heterocycles. The summed E-state index contributed by atoms with van der Waals surface area (Å²) in [6, 6.07) is 14.4. The van der Waals surface area contributed by atoms with Crippen LogP contribution in [0.2, 0.25) is 0 Å². The minimum Gasteiger partial charge on any atom is -0.497 e. The molecule has 0 aromatic heterocycles. The van der Waals surface area contributed by atoms with Crippen molar-refractivity contribution in [3.63, 3.8) is 0 Å². The number of hydrogen-bond donors (Lipinski definition) is 0. The van der Waals surface area contributed by atoms with Crippen LogP contribution in [-0.4, -0.2) is 53.5 Å². The molecule has 0 unspecified atom stereocenters. The summed E-state index contributed by atoms with van der Waals surface area (Å²) in [6.07, 6.45) is 3.42. The molecule has 0 aliphatic carbocycles. The van der Waals surface area contributed by atoms with Crippen LogP contribution >= 0.6 is 0 Å². The van der Waals surface area contributed by atoms with Gasteiger partial charge in [-0.3, -0.25) is 4.18 Å². The average Bonchev–Trinajstić information content (AvgIpc) is 2.81. The Morgan fingerprint density at radius 3 is 1.71 bits per heavy atom. The third-order valence-corrected chi connectivity index (χ3v) is 8.13. The van der Waals surface area contributed by atoms with Crippen molar-refractivity contribution in [1.29, 1.82) is 0 Å². The molecule has 0 saturated heterocycles. The van der Waals surface area contributed by atoms with Crippen molar-refractivity contribution in [2.45, 2.75) is 37.6 Å². The molecule has 0 saturated carbocycles. The van der Waals surface area contributed by atoms with Crippen LogP contribution in [0.5, 0.6) is 11.5 Å². The quantitative estimate of drug-likeness (QED) is 0.265. The highest BCUT2D eigenvalue weighted by Crippen LogP contribution is 2.24. The first-order valence-electron chi connectivity index (χ1n) is 10.8. The van der Waals surface area contributed by atoms with E-state index in [1.807, 2.05) is 24.3 Å². The van der Waals surface area contributed by atoms with Gasteiger partial charge in [-0.1, -0.05) is 30.3 Å². The minimum absolute atomic E-state index is 0.0466. The van der Waals surface area contributed by atoms with Gasteiger partial charge in [-0.15, -0.1) is 6.58 Å². The van der Waals surface area contributed by atoms with Gasteiger partial charge in [0.25, 0.3) is 10.1 Å². The van der Waals surface area contributed by atoms with Crippen LogP contribution in [0, 0.1) is 0 Å². The van der Waals surface area contributed by atoms with Gasteiger partial charge in [0.05, 0.1) is 32.3 Å². The van der Waals surface area contributed by atoms with E-state index < -0.39 is 25.4 Å². The number of benzene rings is 2. The summed E-state index contributed by atoms with van der Waals surface area (Å²) in [4.78, 5) is 0. The Hall–Kier alpha value is -2.40. The van der Waals surface area contributed by atoms with Crippen LogP contribution in [0.4, 0.5) is 0 Å². The maximum Gasteiger partial charge on any atom is 0.264 e. The van der Waals surface area contributed by atoms with Crippen LogP contribution in [0.25, 0.3) is 0 Å². The molecule has 188 valence electrons. The van der Waals surface area contributed by atoms with Crippen molar-refractivity contribution in [3.8, 4) is 11.5 Å². The first-order chi connectivity index (χ1) is 16.1. The molecular weight excluding hydrogens is 478 g/mol. The summed E-state index contributed by atoms with van der Waals surface area (Å²) in [5.41, 5.74) is 1.60. The van der Waals surface area contributed by atoms with E-state index in [0.29, 0.717) is 24.3 Å². The molecule has 0 fully saturated rings. The Bertz CT molecular complexity index is 1060. The van der Waals surface area contributed by atoms with E-state index in [-0.39, 0.29) is 26.1 Å². The van der Waals surface area contributed by atoms with Crippen LogP contribution in [0.1, 0.15) is 30.4 Å². The molecule has 0 spiro atoms. The second kappa shape index (κ2) is 12.9. The Kier molecular flexibility index (Phi) is 10.6. The van der Waals surface area contributed by atoms with Gasteiger partial charge in [0.2, 0.25) is 10.0 Å². The largest absolute Gasteiger partial charge is 0.497 e. The zero-order valence-corrected chi connectivity index (χ0v) is 21.5. The zero-order valence-electron chi connectivity index (χ0n) is 19.8. The van der Waals surface area contributed by atoms with Crippen molar-refractivity contribution >= 4 is 20.1 Å². The van der Waals surface area contributed by atoms with Gasteiger partial charge < -0.3 is 9.47 Å². The van der Waals surface area contributed by atoms with E-state index in [1.54, 1.807) is 44.6 Å². The minimum atomic E-state index is -3.83. The van der Waals surface area contributed by atoms with Gasteiger partial charge >= 0.3 is 0 Å². The van der Waals surface area contributed by atoms with Crippen molar-refractivity contribution in [3.05, 3.63) is 72.3 Å². The monoisotopic (exact) mass is 511 g/mol. The maximum atomic E-state index is 13.8. The molecule has 8 nitrogen and oxygen atoms in total. The van der Waals surface area contributed by atoms with Crippen molar-refractivity contribution in [2.24, 2.45) is 0 Å². The van der Waals surface area contributed by atoms with Gasteiger partial charge in [0.15, 0.2) is 0 Å². The molecule has 0 aliphatic rings. The normalized spacial score (nSPS) is 12.9. The number of allylic oxidation sites excluding steroid dienone is 1. The molecule has 2 aromatic carbocycles. The van der Waals surface area contributed by atoms with Gasteiger partial charge in [0.1, 0.15) is 11.5 Å². The first kappa shape index (κ1) is 27.8. The smallest absolute Gasteiger partial charge is 0.264 e. The molecule has 0 heterocycles. The Morgan fingerprint density at radius 2 is 1.32 bits per heavy atom. The standard InChI is InChI=1S/C24H33NO7S2/c1-5-6-7-24(16-17-32-33(4,26)27)34(28,29)25(18-20-8-12-22(30-2)13-9-20)19-21-10-14-23(31-3)15-11-21/h5,8-15,24H,1,6-7,16-19H2,2-4H3/t24-/m1/s1. The number of ether oxygens (including phenoxy) is 2. The Labute approximate surface area is 203 Å². The third-order valence-electron chi connectivity index (χ3n) is 5.25. The molecule has 34 heavy (non-hydrogen) atoms.